The van der Waals surface area contributed by atoms with Gasteiger partial charge < -0.3 is 9.84 Å². The molecule has 0 fully saturated rings. The summed E-state index contributed by atoms with van der Waals surface area (Å²) in [7, 11) is 1.63. The summed E-state index contributed by atoms with van der Waals surface area (Å²) in [6.07, 6.45) is -1.05. The fourth-order valence-corrected chi connectivity index (χ4v) is 2.11. The fraction of sp³-hybridized carbons (Fsp3) is 0.562. The van der Waals surface area contributed by atoms with Crippen molar-refractivity contribution in [1.29, 1.82) is 0 Å². The Balaban J connectivity index is 3.29. The van der Waals surface area contributed by atoms with Crippen LogP contribution < -0.4 is 4.74 Å². The van der Waals surface area contributed by atoms with E-state index in [1.54, 1.807) is 21.0 Å². The first kappa shape index (κ1) is 15.7. The number of benzene rings is 1. The van der Waals surface area contributed by atoms with E-state index in [-0.39, 0.29) is 17.6 Å². The molecule has 1 atom stereocenters. The van der Waals surface area contributed by atoms with Gasteiger partial charge in [-0.2, -0.15) is 0 Å². The molecule has 0 saturated heterocycles. The van der Waals surface area contributed by atoms with Crippen LogP contribution in [0.1, 0.15) is 56.4 Å². The molecule has 0 amide bonds. The maximum absolute atomic E-state index is 11.9. The summed E-state index contributed by atoms with van der Waals surface area (Å²) in [5.41, 5.74) is 2.57. The van der Waals surface area contributed by atoms with Crippen molar-refractivity contribution in [2.45, 2.75) is 46.6 Å². The highest BCUT2D eigenvalue weighted by molar-refractivity contribution is 5.86. The van der Waals surface area contributed by atoms with E-state index in [2.05, 4.69) is 13.8 Å². The van der Waals surface area contributed by atoms with E-state index in [1.165, 1.54) is 0 Å². The minimum Gasteiger partial charge on any atom is -0.496 e. The first-order valence-electron chi connectivity index (χ1n) is 6.69. The van der Waals surface area contributed by atoms with Gasteiger partial charge >= 0.3 is 0 Å². The molecule has 0 saturated carbocycles. The number of carbonyl (C=O) groups excluding carboxylic acids is 1. The van der Waals surface area contributed by atoms with Gasteiger partial charge in [0.2, 0.25) is 0 Å². The van der Waals surface area contributed by atoms with Crippen LogP contribution in [0.5, 0.6) is 5.75 Å². The number of carbonyl (C=O) groups is 1. The number of hydrogen-bond acceptors (Lipinski definition) is 3. The third-order valence-corrected chi connectivity index (χ3v) is 3.37. The number of methoxy groups -OCH3 is 1. The van der Waals surface area contributed by atoms with Crippen LogP contribution in [0, 0.1) is 12.8 Å². The lowest BCUT2D eigenvalue weighted by atomic mass is 9.90. The summed E-state index contributed by atoms with van der Waals surface area (Å²) >= 11 is 0. The molecule has 1 unspecified atom stereocenters. The predicted octanol–water partition coefficient (Wildman–Crippen LogP) is 3.39. The monoisotopic (exact) mass is 264 g/mol. The van der Waals surface area contributed by atoms with Gasteiger partial charge in [-0.1, -0.05) is 27.7 Å². The van der Waals surface area contributed by atoms with Gasteiger partial charge in [-0.3, -0.25) is 4.79 Å². The Morgan fingerprint density at radius 3 is 2.16 bits per heavy atom. The third-order valence-electron chi connectivity index (χ3n) is 3.37. The van der Waals surface area contributed by atoms with Gasteiger partial charge in [-0.25, -0.2) is 0 Å². The minimum atomic E-state index is -1.05. The zero-order valence-electron chi connectivity index (χ0n) is 12.7. The number of aliphatic hydroxyl groups is 1. The number of hydrogen-bond donors (Lipinski definition) is 1. The highest BCUT2D eigenvalue weighted by Gasteiger charge is 2.23. The summed E-state index contributed by atoms with van der Waals surface area (Å²) in [6, 6.07) is 3.78. The summed E-state index contributed by atoms with van der Waals surface area (Å²) in [6.45, 7) is 9.61. The molecule has 1 aromatic rings. The molecule has 0 bridgehead atoms. The van der Waals surface area contributed by atoms with E-state index in [9.17, 15) is 9.90 Å². The lowest BCUT2D eigenvalue weighted by Gasteiger charge is -2.19. The second-order valence-corrected chi connectivity index (χ2v) is 5.57. The van der Waals surface area contributed by atoms with E-state index >= 15 is 0 Å². The van der Waals surface area contributed by atoms with Crippen LogP contribution >= 0.6 is 0 Å². The molecule has 0 aliphatic heterocycles. The van der Waals surface area contributed by atoms with Gasteiger partial charge in [-0.05, 0) is 41.7 Å². The second-order valence-electron chi connectivity index (χ2n) is 5.57. The van der Waals surface area contributed by atoms with Crippen LogP contribution in [-0.4, -0.2) is 18.0 Å². The molecule has 19 heavy (non-hydrogen) atoms. The van der Waals surface area contributed by atoms with Gasteiger partial charge in [0.15, 0.2) is 5.78 Å². The smallest absolute Gasteiger partial charge is 0.168 e. The molecule has 0 radical (unpaired) electrons. The molecule has 0 spiro atoms. The predicted molar refractivity (Wildman–Crippen MR) is 76.6 cm³/mol. The average molecular weight is 264 g/mol. The van der Waals surface area contributed by atoms with Crippen molar-refractivity contribution in [1.82, 2.24) is 0 Å². The molecular formula is C16H24O3. The van der Waals surface area contributed by atoms with Crippen molar-refractivity contribution in [3.8, 4) is 5.75 Å². The molecule has 3 heteroatoms. The van der Waals surface area contributed by atoms with E-state index in [4.69, 9.17) is 4.74 Å². The van der Waals surface area contributed by atoms with Crippen LogP contribution in [0.3, 0.4) is 0 Å². The Bertz CT molecular complexity index is 461. The van der Waals surface area contributed by atoms with Gasteiger partial charge in [0.1, 0.15) is 11.9 Å². The molecule has 1 N–H and O–H groups in total. The maximum Gasteiger partial charge on any atom is 0.168 e. The highest BCUT2D eigenvalue weighted by Crippen LogP contribution is 2.32. The van der Waals surface area contributed by atoms with Crippen molar-refractivity contribution >= 4 is 5.78 Å². The number of aliphatic hydroxyl groups excluding tert-OH is 1. The van der Waals surface area contributed by atoms with Crippen LogP contribution in [0.4, 0.5) is 0 Å². The largest absolute Gasteiger partial charge is 0.496 e. The molecule has 0 aliphatic carbocycles. The molecule has 1 aromatic carbocycles. The minimum absolute atomic E-state index is 0.150. The van der Waals surface area contributed by atoms with Crippen molar-refractivity contribution in [3.63, 3.8) is 0 Å². The summed E-state index contributed by atoms with van der Waals surface area (Å²) < 4.78 is 5.36. The standard InChI is InChI=1S/C16H24O3/c1-9(2)12-8-13(11(5)7-14(12)19-6)16(18)15(17)10(3)4/h7-10,16,18H,1-6H3. The van der Waals surface area contributed by atoms with Crippen LogP contribution in [0.15, 0.2) is 12.1 Å². The van der Waals surface area contributed by atoms with Crippen LogP contribution in [0.2, 0.25) is 0 Å². The molecule has 1 rings (SSSR count). The van der Waals surface area contributed by atoms with Gasteiger partial charge in [0, 0.05) is 5.92 Å². The third kappa shape index (κ3) is 3.35. The van der Waals surface area contributed by atoms with Gasteiger partial charge in [0.25, 0.3) is 0 Å². The lowest BCUT2D eigenvalue weighted by Crippen LogP contribution is -2.19. The first-order valence-corrected chi connectivity index (χ1v) is 6.69. The SMILES string of the molecule is COc1cc(C)c(C(O)C(=O)C(C)C)cc1C(C)C. The van der Waals surface area contributed by atoms with Gasteiger partial charge in [0.05, 0.1) is 7.11 Å². The van der Waals surface area contributed by atoms with E-state index in [1.807, 2.05) is 19.1 Å². The highest BCUT2D eigenvalue weighted by atomic mass is 16.5. The lowest BCUT2D eigenvalue weighted by molar-refractivity contribution is -0.130. The van der Waals surface area contributed by atoms with E-state index in [0.717, 1.165) is 16.9 Å². The Hall–Kier alpha value is -1.35. The number of ketones is 1. The van der Waals surface area contributed by atoms with Crippen LogP contribution in [0.25, 0.3) is 0 Å². The fourth-order valence-electron chi connectivity index (χ4n) is 2.11. The van der Waals surface area contributed by atoms with Gasteiger partial charge in [-0.15, -0.1) is 0 Å². The number of Topliss-reactive ketones (excluding diaryl/α,β-unsaturated/α-hetero) is 1. The maximum atomic E-state index is 11.9. The average Bonchev–Trinajstić information content (AvgIpc) is 2.35. The number of ether oxygens (including phenoxy) is 1. The van der Waals surface area contributed by atoms with Crippen LogP contribution in [-0.2, 0) is 4.79 Å². The zero-order chi connectivity index (χ0) is 14.7. The quantitative estimate of drug-likeness (QED) is 0.886. The van der Waals surface area contributed by atoms with Crippen molar-refractivity contribution in [3.05, 3.63) is 28.8 Å². The molecule has 3 nitrogen and oxygen atoms in total. The van der Waals surface area contributed by atoms with E-state index < -0.39 is 6.10 Å². The summed E-state index contributed by atoms with van der Waals surface area (Å²) in [4.78, 5) is 11.9. The molecule has 106 valence electrons. The Morgan fingerprint density at radius 1 is 1.16 bits per heavy atom. The first-order chi connectivity index (χ1) is 8.79. The number of rotatable bonds is 5. The topological polar surface area (TPSA) is 46.5 Å². The Labute approximate surface area is 115 Å². The normalized spacial score (nSPS) is 12.9. The molecule has 0 heterocycles. The van der Waals surface area contributed by atoms with Crippen molar-refractivity contribution in [2.24, 2.45) is 5.92 Å². The van der Waals surface area contributed by atoms with Crippen molar-refractivity contribution in [2.75, 3.05) is 7.11 Å². The summed E-state index contributed by atoms with van der Waals surface area (Å²) in [5, 5.41) is 10.2. The van der Waals surface area contributed by atoms with E-state index in [0.29, 0.717) is 5.56 Å². The zero-order valence-corrected chi connectivity index (χ0v) is 12.7. The second kappa shape index (κ2) is 6.20. The summed E-state index contributed by atoms with van der Waals surface area (Å²) in [5.74, 6) is 0.748. The number of aryl methyl sites for hydroxylation is 1. The van der Waals surface area contributed by atoms with Crippen molar-refractivity contribution < 1.29 is 14.6 Å². The molecule has 0 aliphatic rings. The molecule has 0 aromatic heterocycles. The Morgan fingerprint density at radius 2 is 1.74 bits per heavy atom. The molecular weight excluding hydrogens is 240 g/mol. The Kier molecular flexibility index (Phi) is 5.12.